The Morgan fingerprint density at radius 1 is 1.11 bits per heavy atom. The standard InChI is InChI=1S/C15H21N3O/c1-12(19)13-2-4-14(5-3-13)17-6-8-18(9-7-17)15-10-16-11-15/h2-5,15-16H,6-11H2,1H3. The molecule has 3 rings (SSSR count). The fraction of sp³-hybridized carbons (Fsp3) is 0.533. The molecule has 1 aromatic carbocycles. The summed E-state index contributed by atoms with van der Waals surface area (Å²) in [4.78, 5) is 16.3. The molecule has 0 amide bonds. The third-order valence-electron chi connectivity index (χ3n) is 4.23. The van der Waals surface area contributed by atoms with Gasteiger partial charge in [0.1, 0.15) is 0 Å². The van der Waals surface area contributed by atoms with Crippen molar-refractivity contribution in [2.75, 3.05) is 44.2 Å². The number of hydrogen-bond donors (Lipinski definition) is 1. The number of nitrogens with one attached hydrogen (secondary N) is 1. The summed E-state index contributed by atoms with van der Waals surface area (Å²) in [6.07, 6.45) is 0. The quantitative estimate of drug-likeness (QED) is 0.821. The lowest BCUT2D eigenvalue weighted by atomic mass is 10.1. The van der Waals surface area contributed by atoms with Gasteiger partial charge in [-0.1, -0.05) is 0 Å². The SMILES string of the molecule is CC(=O)c1ccc(N2CCN(C3CNC3)CC2)cc1. The molecule has 2 aliphatic rings. The van der Waals surface area contributed by atoms with Crippen molar-refractivity contribution in [1.82, 2.24) is 10.2 Å². The van der Waals surface area contributed by atoms with Crippen molar-refractivity contribution in [2.24, 2.45) is 0 Å². The zero-order valence-electron chi connectivity index (χ0n) is 11.4. The van der Waals surface area contributed by atoms with E-state index in [2.05, 4.69) is 27.2 Å². The summed E-state index contributed by atoms with van der Waals surface area (Å²) in [6.45, 7) is 8.34. The zero-order chi connectivity index (χ0) is 13.2. The number of carbonyl (C=O) groups is 1. The number of piperazine rings is 1. The van der Waals surface area contributed by atoms with Crippen LogP contribution in [0.15, 0.2) is 24.3 Å². The molecule has 0 aliphatic carbocycles. The first-order valence-corrected chi connectivity index (χ1v) is 7.05. The van der Waals surface area contributed by atoms with E-state index in [4.69, 9.17) is 0 Å². The van der Waals surface area contributed by atoms with Gasteiger partial charge in [0.15, 0.2) is 5.78 Å². The van der Waals surface area contributed by atoms with Crippen LogP contribution in [0.5, 0.6) is 0 Å². The van der Waals surface area contributed by atoms with Crippen LogP contribution < -0.4 is 10.2 Å². The molecule has 2 aliphatic heterocycles. The summed E-state index contributed by atoms with van der Waals surface area (Å²) in [7, 11) is 0. The maximum Gasteiger partial charge on any atom is 0.159 e. The number of Topliss-reactive ketones (excluding diaryl/α,β-unsaturated/α-hetero) is 1. The minimum atomic E-state index is 0.133. The largest absolute Gasteiger partial charge is 0.369 e. The van der Waals surface area contributed by atoms with E-state index in [0.717, 1.165) is 50.9 Å². The lowest BCUT2D eigenvalue weighted by Crippen LogP contribution is -2.61. The number of rotatable bonds is 3. The second-order valence-electron chi connectivity index (χ2n) is 5.44. The minimum Gasteiger partial charge on any atom is -0.369 e. The highest BCUT2D eigenvalue weighted by Crippen LogP contribution is 2.19. The number of nitrogens with zero attached hydrogens (tertiary/aromatic N) is 2. The van der Waals surface area contributed by atoms with Crippen molar-refractivity contribution in [3.8, 4) is 0 Å². The summed E-state index contributed by atoms with van der Waals surface area (Å²) in [5, 5.41) is 3.33. The Labute approximate surface area is 114 Å². The van der Waals surface area contributed by atoms with Crippen molar-refractivity contribution in [3.05, 3.63) is 29.8 Å². The molecule has 1 N–H and O–H groups in total. The second kappa shape index (κ2) is 5.31. The molecule has 0 unspecified atom stereocenters. The highest BCUT2D eigenvalue weighted by atomic mass is 16.1. The van der Waals surface area contributed by atoms with Gasteiger partial charge in [0.2, 0.25) is 0 Å². The van der Waals surface area contributed by atoms with E-state index in [1.165, 1.54) is 5.69 Å². The van der Waals surface area contributed by atoms with E-state index in [1.807, 2.05) is 12.1 Å². The van der Waals surface area contributed by atoms with Crippen LogP contribution in [0.3, 0.4) is 0 Å². The van der Waals surface area contributed by atoms with Crippen LogP contribution in [0.2, 0.25) is 0 Å². The lowest BCUT2D eigenvalue weighted by molar-refractivity contribution is 0.101. The molecule has 4 nitrogen and oxygen atoms in total. The average Bonchev–Trinajstić information content (AvgIpc) is 2.38. The Hall–Kier alpha value is -1.39. The third-order valence-corrected chi connectivity index (χ3v) is 4.23. The van der Waals surface area contributed by atoms with Gasteiger partial charge < -0.3 is 10.2 Å². The smallest absolute Gasteiger partial charge is 0.159 e. The van der Waals surface area contributed by atoms with Crippen LogP contribution in [0.4, 0.5) is 5.69 Å². The van der Waals surface area contributed by atoms with Crippen molar-refractivity contribution in [3.63, 3.8) is 0 Å². The molecule has 19 heavy (non-hydrogen) atoms. The molecule has 2 saturated heterocycles. The van der Waals surface area contributed by atoms with Gasteiger partial charge in [0, 0.05) is 56.6 Å². The molecule has 102 valence electrons. The monoisotopic (exact) mass is 259 g/mol. The second-order valence-corrected chi connectivity index (χ2v) is 5.44. The number of anilines is 1. The zero-order valence-corrected chi connectivity index (χ0v) is 11.4. The first-order chi connectivity index (χ1) is 9.24. The Bertz CT molecular complexity index is 445. The highest BCUT2D eigenvalue weighted by Gasteiger charge is 2.27. The Balaban J connectivity index is 1.59. The Morgan fingerprint density at radius 2 is 1.74 bits per heavy atom. The summed E-state index contributed by atoms with van der Waals surface area (Å²) in [5.41, 5.74) is 2.03. The van der Waals surface area contributed by atoms with Crippen LogP contribution in [0.1, 0.15) is 17.3 Å². The third kappa shape index (κ3) is 2.65. The number of hydrogen-bond acceptors (Lipinski definition) is 4. The summed E-state index contributed by atoms with van der Waals surface area (Å²) >= 11 is 0. The topological polar surface area (TPSA) is 35.6 Å². The van der Waals surface area contributed by atoms with E-state index < -0.39 is 0 Å². The van der Waals surface area contributed by atoms with E-state index in [0.29, 0.717) is 0 Å². The van der Waals surface area contributed by atoms with Gasteiger partial charge in [-0.2, -0.15) is 0 Å². The lowest BCUT2D eigenvalue weighted by Gasteiger charge is -2.43. The molecule has 2 fully saturated rings. The number of ketones is 1. The van der Waals surface area contributed by atoms with Gasteiger partial charge in [0.05, 0.1) is 0 Å². The first kappa shape index (κ1) is 12.6. The van der Waals surface area contributed by atoms with Crippen LogP contribution >= 0.6 is 0 Å². The van der Waals surface area contributed by atoms with Crippen molar-refractivity contribution < 1.29 is 4.79 Å². The predicted molar refractivity (Wildman–Crippen MR) is 76.9 cm³/mol. The minimum absolute atomic E-state index is 0.133. The fourth-order valence-electron chi connectivity index (χ4n) is 2.78. The molecule has 0 bridgehead atoms. The predicted octanol–water partition coefficient (Wildman–Crippen LogP) is 0.983. The molecule has 2 heterocycles. The molecule has 0 radical (unpaired) electrons. The molecule has 0 spiro atoms. The summed E-state index contributed by atoms with van der Waals surface area (Å²) < 4.78 is 0. The maximum atomic E-state index is 11.3. The van der Waals surface area contributed by atoms with Gasteiger partial charge in [0.25, 0.3) is 0 Å². The molecule has 1 aromatic rings. The van der Waals surface area contributed by atoms with E-state index in [-0.39, 0.29) is 5.78 Å². The molecule has 4 heteroatoms. The fourth-order valence-corrected chi connectivity index (χ4v) is 2.78. The normalized spacial score (nSPS) is 21.2. The summed E-state index contributed by atoms with van der Waals surface area (Å²) in [6, 6.07) is 8.75. The molecule has 0 aromatic heterocycles. The van der Waals surface area contributed by atoms with Crippen LogP contribution in [0.25, 0.3) is 0 Å². The van der Waals surface area contributed by atoms with E-state index in [9.17, 15) is 4.79 Å². The van der Waals surface area contributed by atoms with Crippen molar-refractivity contribution in [1.29, 1.82) is 0 Å². The van der Waals surface area contributed by atoms with E-state index in [1.54, 1.807) is 6.92 Å². The van der Waals surface area contributed by atoms with Gasteiger partial charge in [-0.25, -0.2) is 0 Å². The van der Waals surface area contributed by atoms with Crippen LogP contribution in [-0.2, 0) is 0 Å². The van der Waals surface area contributed by atoms with Crippen LogP contribution in [-0.4, -0.2) is 56.0 Å². The van der Waals surface area contributed by atoms with Crippen molar-refractivity contribution in [2.45, 2.75) is 13.0 Å². The van der Waals surface area contributed by atoms with Crippen LogP contribution in [0, 0.1) is 0 Å². The first-order valence-electron chi connectivity index (χ1n) is 7.05. The van der Waals surface area contributed by atoms with E-state index >= 15 is 0 Å². The maximum absolute atomic E-state index is 11.3. The molecule has 0 saturated carbocycles. The molecular formula is C15H21N3O. The number of carbonyl (C=O) groups excluding carboxylic acids is 1. The van der Waals surface area contributed by atoms with Gasteiger partial charge in [-0.15, -0.1) is 0 Å². The number of benzene rings is 1. The Kier molecular flexibility index (Phi) is 3.53. The summed E-state index contributed by atoms with van der Waals surface area (Å²) in [5.74, 6) is 0.133. The highest BCUT2D eigenvalue weighted by molar-refractivity contribution is 5.94. The average molecular weight is 259 g/mol. The molecular weight excluding hydrogens is 238 g/mol. The Morgan fingerprint density at radius 3 is 2.21 bits per heavy atom. The van der Waals surface area contributed by atoms with Gasteiger partial charge in [-0.3, -0.25) is 9.69 Å². The molecule has 0 atom stereocenters. The van der Waals surface area contributed by atoms with Gasteiger partial charge in [-0.05, 0) is 31.2 Å². The van der Waals surface area contributed by atoms with Gasteiger partial charge >= 0.3 is 0 Å². The van der Waals surface area contributed by atoms with Crippen molar-refractivity contribution >= 4 is 11.5 Å².